The highest BCUT2D eigenvalue weighted by Gasteiger charge is 2.29. The van der Waals surface area contributed by atoms with Gasteiger partial charge in [-0.2, -0.15) is 0 Å². The number of carboxylic acids is 1. The smallest absolute Gasteiger partial charge is 0.308 e. The average molecular weight is 383 g/mol. The van der Waals surface area contributed by atoms with Crippen LogP contribution < -0.4 is 0 Å². The number of rotatable bonds is 14. The highest BCUT2D eigenvalue weighted by atomic mass is 16.5. The Kier molecular flexibility index (Phi) is 12.3. The summed E-state index contributed by atoms with van der Waals surface area (Å²) in [5.41, 5.74) is 0. The van der Waals surface area contributed by atoms with Gasteiger partial charge in [0.25, 0.3) is 0 Å². The van der Waals surface area contributed by atoms with E-state index in [1.807, 2.05) is 0 Å². The van der Waals surface area contributed by atoms with E-state index in [9.17, 15) is 4.79 Å². The van der Waals surface area contributed by atoms with E-state index in [1.165, 1.54) is 57.8 Å². The lowest BCUT2D eigenvalue weighted by molar-refractivity contribution is -0.149. The summed E-state index contributed by atoms with van der Waals surface area (Å²) in [6.45, 7) is 12.0. The Labute approximate surface area is 168 Å². The molecule has 1 aliphatic rings. The molecule has 1 N–H and O–H groups in total. The first-order valence-corrected chi connectivity index (χ1v) is 11.6. The Balaban J connectivity index is 2.03. The summed E-state index contributed by atoms with van der Waals surface area (Å²) in [6, 6.07) is 0. The molecule has 27 heavy (non-hydrogen) atoms. The highest BCUT2D eigenvalue weighted by Crippen LogP contribution is 2.28. The third-order valence-corrected chi connectivity index (χ3v) is 6.53. The lowest BCUT2D eigenvalue weighted by atomic mass is 9.87. The van der Waals surface area contributed by atoms with Crippen LogP contribution in [0.4, 0.5) is 0 Å². The van der Waals surface area contributed by atoms with Crippen molar-refractivity contribution in [2.45, 2.75) is 111 Å². The Morgan fingerprint density at radius 1 is 0.889 bits per heavy atom. The molecule has 0 amide bonds. The third-order valence-electron chi connectivity index (χ3n) is 6.53. The van der Waals surface area contributed by atoms with Gasteiger partial charge in [0.15, 0.2) is 0 Å². The quantitative estimate of drug-likeness (QED) is 0.354. The lowest BCUT2D eigenvalue weighted by Crippen LogP contribution is -2.34. The Hall–Kier alpha value is -0.570. The van der Waals surface area contributed by atoms with Gasteiger partial charge in [-0.3, -0.25) is 4.79 Å². The minimum atomic E-state index is -0.735. The van der Waals surface area contributed by atoms with Crippen molar-refractivity contribution >= 4 is 5.97 Å². The summed E-state index contributed by atoms with van der Waals surface area (Å²) in [6.07, 6.45) is 14.1. The number of hydrogen-bond acceptors (Lipinski definition) is 2. The predicted molar refractivity (Wildman–Crippen MR) is 114 cm³/mol. The monoisotopic (exact) mass is 382 g/mol. The molecule has 1 rings (SSSR count). The van der Waals surface area contributed by atoms with E-state index in [1.54, 1.807) is 6.92 Å². The van der Waals surface area contributed by atoms with Gasteiger partial charge in [0.05, 0.1) is 12.0 Å². The van der Waals surface area contributed by atoms with Crippen LogP contribution in [0, 0.1) is 29.6 Å². The van der Waals surface area contributed by atoms with Gasteiger partial charge in [0, 0.05) is 6.61 Å². The molecule has 0 spiro atoms. The fourth-order valence-electron chi connectivity index (χ4n) is 4.34. The van der Waals surface area contributed by atoms with Crippen molar-refractivity contribution in [1.82, 2.24) is 0 Å². The normalized spacial score (nSPS) is 23.9. The Morgan fingerprint density at radius 3 is 1.93 bits per heavy atom. The van der Waals surface area contributed by atoms with E-state index in [2.05, 4.69) is 27.7 Å². The summed E-state index contributed by atoms with van der Waals surface area (Å²) in [7, 11) is 0. The molecular formula is C24H46O3. The molecule has 160 valence electrons. The van der Waals surface area contributed by atoms with Crippen molar-refractivity contribution < 1.29 is 14.6 Å². The molecule has 0 radical (unpaired) electrons. The van der Waals surface area contributed by atoms with Crippen LogP contribution in [0.3, 0.4) is 0 Å². The maximum absolute atomic E-state index is 11.1. The first-order valence-electron chi connectivity index (χ1n) is 11.6. The van der Waals surface area contributed by atoms with Crippen molar-refractivity contribution in [3.63, 3.8) is 0 Å². The largest absolute Gasteiger partial charge is 0.481 e. The summed E-state index contributed by atoms with van der Waals surface area (Å²) in [5, 5.41) is 9.09. The molecule has 0 aromatic heterocycles. The fourth-order valence-corrected chi connectivity index (χ4v) is 4.34. The second-order valence-electron chi connectivity index (χ2n) is 9.84. The third kappa shape index (κ3) is 11.1. The Morgan fingerprint density at radius 2 is 1.44 bits per heavy atom. The van der Waals surface area contributed by atoms with Crippen molar-refractivity contribution in [2.75, 3.05) is 6.61 Å². The van der Waals surface area contributed by atoms with Crippen LogP contribution in [-0.4, -0.2) is 23.8 Å². The van der Waals surface area contributed by atoms with Gasteiger partial charge in [-0.05, 0) is 49.9 Å². The number of hydrogen-bond donors (Lipinski definition) is 1. The molecule has 1 aliphatic heterocycles. The van der Waals surface area contributed by atoms with Crippen LogP contribution in [0.15, 0.2) is 0 Å². The molecule has 0 aromatic rings. The van der Waals surface area contributed by atoms with E-state index in [4.69, 9.17) is 9.84 Å². The van der Waals surface area contributed by atoms with Gasteiger partial charge in [-0.15, -0.1) is 0 Å². The number of aliphatic carboxylic acids is 1. The zero-order valence-corrected chi connectivity index (χ0v) is 18.7. The molecule has 3 heteroatoms. The minimum Gasteiger partial charge on any atom is -0.481 e. The predicted octanol–water partition coefficient (Wildman–Crippen LogP) is 6.94. The van der Waals surface area contributed by atoms with Crippen LogP contribution in [-0.2, 0) is 9.53 Å². The summed E-state index contributed by atoms with van der Waals surface area (Å²) in [5.74, 6) is 2.09. The molecule has 0 bridgehead atoms. The topological polar surface area (TPSA) is 46.5 Å². The van der Waals surface area contributed by atoms with Crippen molar-refractivity contribution in [1.29, 1.82) is 0 Å². The van der Waals surface area contributed by atoms with Gasteiger partial charge in [-0.25, -0.2) is 0 Å². The van der Waals surface area contributed by atoms with Gasteiger partial charge in [-0.1, -0.05) is 79.1 Å². The summed E-state index contributed by atoms with van der Waals surface area (Å²) in [4.78, 5) is 11.1. The number of carbonyl (C=O) groups is 1. The van der Waals surface area contributed by atoms with E-state index in [-0.39, 0.29) is 12.0 Å². The first-order chi connectivity index (χ1) is 12.8. The standard InChI is InChI=1S/C24H46O3/c1-18(2)9-6-10-19(3)11-7-12-20(4)13-8-14-22-15-16-23(27-17-22)21(5)24(25)26/h18-23H,6-17H2,1-5H3,(H,25,26)/t19?,20?,21?,22-,23+/m0/s1. The zero-order valence-electron chi connectivity index (χ0n) is 18.7. The lowest BCUT2D eigenvalue weighted by Gasteiger charge is -2.31. The van der Waals surface area contributed by atoms with Gasteiger partial charge in [0.1, 0.15) is 0 Å². The summed E-state index contributed by atoms with van der Waals surface area (Å²) >= 11 is 0. The van der Waals surface area contributed by atoms with Crippen LogP contribution in [0.25, 0.3) is 0 Å². The molecule has 3 unspecified atom stereocenters. The SMILES string of the molecule is CC(C)CCCC(C)CCCC(C)CCC[C@H]1CC[C@H](C(C)C(=O)O)OC1. The molecule has 0 aliphatic carbocycles. The second-order valence-corrected chi connectivity index (χ2v) is 9.84. The minimum absolute atomic E-state index is 0.0831. The van der Waals surface area contributed by atoms with Crippen molar-refractivity contribution in [2.24, 2.45) is 29.6 Å². The van der Waals surface area contributed by atoms with Crippen molar-refractivity contribution in [3.8, 4) is 0 Å². The first kappa shape index (κ1) is 24.5. The Bertz CT molecular complexity index is 385. The molecule has 1 fully saturated rings. The molecule has 1 saturated heterocycles. The maximum atomic E-state index is 11.1. The molecule has 0 aromatic carbocycles. The van der Waals surface area contributed by atoms with Gasteiger partial charge < -0.3 is 9.84 Å². The average Bonchev–Trinajstić information content (AvgIpc) is 2.61. The van der Waals surface area contributed by atoms with E-state index in [0.717, 1.165) is 37.2 Å². The van der Waals surface area contributed by atoms with Crippen LogP contribution >= 0.6 is 0 Å². The molecular weight excluding hydrogens is 336 g/mol. The molecule has 3 nitrogen and oxygen atoms in total. The van der Waals surface area contributed by atoms with Gasteiger partial charge >= 0.3 is 5.97 Å². The molecule has 5 atom stereocenters. The van der Waals surface area contributed by atoms with Crippen LogP contribution in [0.5, 0.6) is 0 Å². The van der Waals surface area contributed by atoms with E-state index < -0.39 is 5.97 Å². The zero-order chi connectivity index (χ0) is 20.2. The number of ether oxygens (including phenoxy) is 1. The number of carboxylic acid groups (broad SMARTS) is 1. The molecule has 1 heterocycles. The van der Waals surface area contributed by atoms with E-state index in [0.29, 0.717) is 5.92 Å². The highest BCUT2D eigenvalue weighted by molar-refractivity contribution is 5.70. The fraction of sp³-hybridized carbons (Fsp3) is 0.958. The second kappa shape index (κ2) is 13.6. The maximum Gasteiger partial charge on any atom is 0.308 e. The van der Waals surface area contributed by atoms with Crippen LogP contribution in [0.2, 0.25) is 0 Å². The van der Waals surface area contributed by atoms with Crippen molar-refractivity contribution in [3.05, 3.63) is 0 Å². The van der Waals surface area contributed by atoms with Gasteiger partial charge in [0.2, 0.25) is 0 Å². The van der Waals surface area contributed by atoms with E-state index >= 15 is 0 Å². The summed E-state index contributed by atoms with van der Waals surface area (Å²) < 4.78 is 5.83. The van der Waals surface area contributed by atoms with Crippen LogP contribution in [0.1, 0.15) is 105 Å². The molecule has 0 saturated carbocycles.